The highest BCUT2D eigenvalue weighted by molar-refractivity contribution is 5.83. The van der Waals surface area contributed by atoms with E-state index in [1.54, 1.807) is 0 Å². The van der Waals surface area contributed by atoms with Crippen molar-refractivity contribution in [2.75, 3.05) is 6.54 Å². The standard InChI is InChI=1S/C28H52N2O/c1-2-3-4-5-6-7-8-9-10-11-12-13-16-22-29-28-23-18-14-15-19-24(23)30-25-20-17-21-26(31)27(25)28/h23-25,27-30H,2-22H2,1H3. The van der Waals surface area contributed by atoms with Gasteiger partial charge in [-0.1, -0.05) is 96.8 Å². The molecule has 2 N–H and O–H groups in total. The van der Waals surface area contributed by atoms with Gasteiger partial charge in [0.2, 0.25) is 0 Å². The van der Waals surface area contributed by atoms with Gasteiger partial charge in [-0.2, -0.15) is 0 Å². The second kappa shape index (κ2) is 14.7. The maximum absolute atomic E-state index is 12.8. The van der Waals surface area contributed by atoms with E-state index in [1.165, 1.54) is 116 Å². The Kier molecular flexibility index (Phi) is 11.9. The maximum atomic E-state index is 12.8. The molecule has 2 aliphatic carbocycles. The number of hydrogen-bond acceptors (Lipinski definition) is 3. The molecule has 5 unspecified atom stereocenters. The summed E-state index contributed by atoms with van der Waals surface area (Å²) >= 11 is 0. The molecular formula is C28H52N2O. The van der Waals surface area contributed by atoms with Gasteiger partial charge in [-0.25, -0.2) is 0 Å². The molecule has 2 saturated carbocycles. The van der Waals surface area contributed by atoms with Crippen LogP contribution in [0, 0.1) is 11.8 Å². The van der Waals surface area contributed by atoms with Crippen molar-refractivity contribution < 1.29 is 4.79 Å². The van der Waals surface area contributed by atoms with Gasteiger partial charge >= 0.3 is 0 Å². The van der Waals surface area contributed by atoms with E-state index in [0.29, 0.717) is 29.8 Å². The van der Waals surface area contributed by atoms with Crippen molar-refractivity contribution in [2.45, 2.75) is 153 Å². The number of carbonyl (C=O) groups excluding carboxylic acids is 1. The van der Waals surface area contributed by atoms with E-state index in [-0.39, 0.29) is 5.92 Å². The van der Waals surface area contributed by atoms with Crippen LogP contribution in [0.25, 0.3) is 0 Å². The third kappa shape index (κ3) is 8.14. The van der Waals surface area contributed by atoms with Gasteiger partial charge < -0.3 is 10.6 Å². The highest BCUT2D eigenvalue weighted by atomic mass is 16.1. The van der Waals surface area contributed by atoms with E-state index >= 15 is 0 Å². The summed E-state index contributed by atoms with van der Waals surface area (Å²) in [7, 11) is 0. The van der Waals surface area contributed by atoms with Crippen molar-refractivity contribution in [3.63, 3.8) is 0 Å². The Balaban J connectivity index is 1.25. The van der Waals surface area contributed by atoms with Crippen LogP contribution in [0.4, 0.5) is 0 Å². The van der Waals surface area contributed by atoms with E-state index in [2.05, 4.69) is 17.6 Å². The molecule has 1 heterocycles. The summed E-state index contributed by atoms with van der Waals surface area (Å²) in [4.78, 5) is 12.8. The van der Waals surface area contributed by atoms with E-state index in [0.717, 1.165) is 19.4 Å². The summed E-state index contributed by atoms with van der Waals surface area (Å²) in [5.74, 6) is 1.46. The normalized spacial score (nSPS) is 30.7. The molecule has 0 aromatic heterocycles. The van der Waals surface area contributed by atoms with Crippen molar-refractivity contribution >= 4 is 5.78 Å². The van der Waals surface area contributed by atoms with Crippen molar-refractivity contribution in [1.82, 2.24) is 10.6 Å². The first-order chi connectivity index (χ1) is 15.3. The Hall–Kier alpha value is -0.410. The lowest BCUT2D eigenvalue weighted by Gasteiger charge is -2.51. The minimum atomic E-state index is 0.245. The molecule has 0 radical (unpaired) electrons. The average molecular weight is 433 g/mol. The zero-order valence-corrected chi connectivity index (χ0v) is 20.6. The Morgan fingerprint density at radius 2 is 1.32 bits per heavy atom. The second-order valence-corrected chi connectivity index (χ2v) is 10.9. The molecule has 0 bridgehead atoms. The number of ketones is 1. The summed E-state index contributed by atoms with van der Waals surface area (Å²) in [5, 5.41) is 7.84. The van der Waals surface area contributed by atoms with Gasteiger partial charge in [0.25, 0.3) is 0 Å². The minimum Gasteiger partial charge on any atom is -0.313 e. The van der Waals surface area contributed by atoms with E-state index in [1.807, 2.05) is 0 Å². The Morgan fingerprint density at radius 3 is 2.00 bits per heavy atom. The molecule has 3 heteroatoms. The van der Waals surface area contributed by atoms with Gasteiger partial charge in [-0.3, -0.25) is 4.79 Å². The molecule has 180 valence electrons. The minimum absolute atomic E-state index is 0.245. The molecule has 0 amide bonds. The summed E-state index contributed by atoms with van der Waals surface area (Å²) in [6.07, 6.45) is 26.8. The summed E-state index contributed by atoms with van der Waals surface area (Å²) in [5.41, 5.74) is 0. The lowest BCUT2D eigenvalue weighted by molar-refractivity contribution is -0.129. The molecule has 0 aromatic rings. The molecule has 31 heavy (non-hydrogen) atoms. The molecule has 3 rings (SSSR count). The molecule has 3 aliphatic rings. The number of rotatable bonds is 15. The number of fused-ring (bicyclic) bond motifs is 2. The first-order valence-electron chi connectivity index (χ1n) is 14.3. The number of nitrogens with one attached hydrogen (secondary N) is 2. The van der Waals surface area contributed by atoms with Gasteiger partial charge in [0, 0.05) is 30.5 Å². The molecular weight excluding hydrogens is 380 g/mol. The van der Waals surface area contributed by atoms with Crippen molar-refractivity contribution in [1.29, 1.82) is 0 Å². The topological polar surface area (TPSA) is 41.1 Å². The predicted octanol–water partition coefficient (Wildman–Crippen LogP) is 6.94. The number of carbonyl (C=O) groups is 1. The van der Waals surface area contributed by atoms with Gasteiger partial charge in [0.15, 0.2) is 0 Å². The fourth-order valence-electron chi connectivity index (χ4n) is 6.73. The number of unbranched alkanes of at least 4 members (excludes halogenated alkanes) is 12. The number of Topliss-reactive ketones (excluding diaryl/α,β-unsaturated/α-hetero) is 1. The fourth-order valence-corrected chi connectivity index (χ4v) is 6.73. The fraction of sp³-hybridized carbons (Fsp3) is 0.964. The van der Waals surface area contributed by atoms with Gasteiger partial charge in [-0.15, -0.1) is 0 Å². The lowest BCUT2D eigenvalue weighted by Crippen LogP contribution is -2.66. The van der Waals surface area contributed by atoms with Crippen LogP contribution in [0.2, 0.25) is 0 Å². The maximum Gasteiger partial charge on any atom is 0.139 e. The zero-order valence-electron chi connectivity index (χ0n) is 20.6. The molecule has 5 atom stereocenters. The molecule has 0 aromatic carbocycles. The van der Waals surface area contributed by atoms with Crippen LogP contribution in [0.3, 0.4) is 0 Å². The predicted molar refractivity (Wildman–Crippen MR) is 133 cm³/mol. The van der Waals surface area contributed by atoms with Crippen molar-refractivity contribution in [3.8, 4) is 0 Å². The Bertz CT molecular complexity index is 493. The van der Waals surface area contributed by atoms with Crippen LogP contribution in [0.15, 0.2) is 0 Å². The van der Waals surface area contributed by atoms with Gasteiger partial charge in [-0.05, 0) is 44.6 Å². The Labute approximate surface area is 193 Å². The summed E-state index contributed by atoms with van der Waals surface area (Å²) < 4.78 is 0. The monoisotopic (exact) mass is 432 g/mol. The van der Waals surface area contributed by atoms with Gasteiger partial charge in [0.1, 0.15) is 5.78 Å². The second-order valence-electron chi connectivity index (χ2n) is 10.9. The molecule has 3 fully saturated rings. The highest BCUT2D eigenvalue weighted by Crippen LogP contribution is 2.39. The largest absolute Gasteiger partial charge is 0.313 e. The Morgan fingerprint density at radius 1 is 0.742 bits per heavy atom. The van der Waals surface area contributed by atoms with Crippen molar-refractivity contribution in [2.24, 2.45) is 11.8 Å². The summed E-state index contributed by atoms with van der Waals surface area (Å²) in [6, 6.07) is 1.55. The van der Waals surface area contributed by atoms with Crippen LogP contribution in [0.1, 0.15) is 135 Å². The van der Waals surface area contributed by atoms with Crippen LogP contribution in [-0.4, -0.2) is 30.5 Å². The molecule has 1 aliphatic heterocycles. The van der Waals surface area contributed by atoms with Gasteiger partial charge in [0.05, 0.1) is 0 Å². The highest BCUT2D eigenvalue weighted by Gasteiger charge is 2.48. The van der Waals surface area contributed by atoms with E-state index in [4.69, 9.17) is 0 Å². The van der Waals surface area contributed by atoms with Crippen LogP contribution in [0.5, 0.6) is 0 Å². The number of piperidine rings is 1. The molecule has 3 nitrogen and oxygen atoms in total. The quantitative estimate of drug-likeness (QED) is 0.275. The molecule has 0 spiro atoms. The first kappa shape index (κ1) is 25.2. The SMILES string of the molecule is CCCCCCCCCCCCCCCNC1C2CCCCC2NC2CCCC(=O)C21. The van der Waals surface area contributed by atoms with Crippen LogP contribution >= 0.6 is 0 Å². The zero-order chi connectivity index (χ0) is 21.7. The smallest absolute Gasteiger partial charge is 0.139 e. The third-order valence-electron chi connectivity index (χ3n) is 8.50. The average Bonchev–Trinajstić information content (AvgIpc) is 2.79. The van der Waals surface area contributed by atoms with Crippen LogP contribution < -0.4 is 10.6 Å². The molecule has 1 saturated heterocycles. The third-order valence-corrected chi connectivity index (χ3v) is 8.50. The van der Waals surface area contributed by atoms with E-state index < -0.39 is 0 Å². The van der Waals surface area contributed by atoms with Crippen LogP contribution in [-0.2, 0) is 4.79 Å². The van der Waals surface area contributed by atoms with E-state index in [9.17, 15) is 4.79 Å². The first-order valence-corrected chi connectivity index (χ1v) is 14.3. The lowest BCUT2D eigenvalue weighted by atomic mass is 9.65. The van der Waals surface area contributed by atoms with Crippen molar-refractivity contribution in [3.05, 3.63) is 0 Å². The number of hydrogen-bond donors (Lipinski definition) is 2. The summed E-state index contributed by atoms with van der Waals surface area (Å²) in [6.45, 7) is 3.41.